The number of aryl methyl sites for hydroxylation is 1. The Labute approximate surface area is 165 Å². The van der Waals surface area contributed by atoms with Crippen LogP contribution in [0.3, 0.4) is 0 Å². The van der Waals surface area contributed by atoms with Crippen LogP contribution in [0.4, 0.5) is 0 Å². The molecule has 1 fully saturated rings. The van der Waals surface area contributed by atoms with Gasteiger partial charge in [0.2, 0.25) is 17.7 Å². The van der Waals surface area contributed by atoms with Crippen molar-refractivity contribution < 1.29 is 22.8 Å². The monoisotopic (exact) mass is 409 g/mol. The highest BCUT2D eigenvalue weighted by Gasteiger charge is 2.29. The molecule has 2 unspecified atom stereocenters. The topological polar surface area (TPSA) is 113 Å². The van der Waals surface area contributed by atoms with Crippen molar-refractivity contribution >= 4 is 27.6 Å². The zero-order valence-corrected chi connectivity index (χ0v) is 17.2. The molecule has 28 heavy (non-hydrogen) atoms. The quantitative estimate of drug-likeness (QED) is 0.703. The van der Waals surface area contributed by atoms with Crippen LogP contribution in [-0.2, 0) is 24.2 Å². The van der Waals surface area contributed by atoms with E-state index in [-0.39, 0.29) is 48.7 Å². The summed E-state index contributed by atoms with van der Waals surface area (Å²) in [7, 11) is -3.08. The molecule has 0 radical (unpaired) electrons. The third-order valence-electron chi connectivity index (χ3n) is 4.65. The zero-order chi connectivity index (χ0) is 20.9. The first-order chi connectivity index (χ1) is 13.1. The van der Waals surface area contributed by atoms with Crippen molar-refractivity contribution in [3.63, 3.8) is 0 Å². The highest BCUT2D eigenvalue weighted by Crippen LogP contribution is 2.18. The van der Waals surface area contributed by atoms with Crippen LogP contribution in [0.5, 0.6) is 0 Å². The van der Waals surface area contributed by atoms with E-state index < -0.39 is 21.9 Å². The second-order valence-electron chi connectivity index (χ2n) is 7.13. The predicted molar refractivity (Wildman–Crippen MR) is 105 cm³/mol. The Hall–Kier alpha value is -2.42. The summed E-state index contributed by atoms with van der Waals surface area (Å²) in [4.78, 5) is 37.9. The molecule has 3 amide bonds. The number of nitrogens with one attached hydrogen (secondary N) is 2. The van der Waals surface area contributed by atoms with Crippen LogP contribution in [0.2, 0.25) is 0 Å². The van der Waals surface area contributed by atoms with E-state index in [1.807, 2.05) is 31.2 Å². The van der Waals surface area contributed by atoms with Crippen LogP contribution in [-0.4, -0.2) is 61.7 Å². The molecule has 1 heterocycles. The third kappa shape index (κ3) is 6.33. The van der Waals surface area contributed by atoms with Crippen molar-refractivity contribution in [3.8, 4) is 0 Å². The average molecular weight is 410 g/mol. The molecule has 1 saturated heterocycles. The van der Waals surface area contributed by atoms with Gasteiger partial charge < -0.3 is 15.5 Å². The first-order valence-electron chi connectivity index (χ1n) is 9.19. The summed E-state index contributed by atoms with van der Waals surface area (Å²) in [6.45, 7) is 5.18. The standard InChI is InChI=1S/C19H27N3O5S/c1-13-4-6-16(7-5-13)17(21-15(3)23)12-18(24)20-14(2)19(25)22-8-10-28(26,27)11-9-22/h4-7,14,17H,8-12H2,1-3H3,(H,20,24)(H,21,23). The van der Waals surface area contributed by atoms with Crippen LogP contribution in [0.25, 0.3) is 0 Å². The summed E-state index contributed by atoms with van der Waals surface area (Å²) in [5.74, 6) is -1.05. The fourth-order valence-corrected chi connectivity index (χ4v) is 4.25. The Morgan fingerprint density at radius 1 is 1.07 bits per heavy atom. The maximum atomic E-state index is 12.5. The van der Waals surface area contributed by atoms with Gasteiger partial charge in [0.1, 0.15) is 6.04 Å². The zero-order valence-electron chi connectivity index (χ0n) is 16.4. The lowest BCUT2D eigenvalue weighted by atomic mass is 10.0. The van der Waals surface area contributed by atoms with E-state index in [1.165, 1.54) is 11.8 Å². The Morgan fingerprint density at radius 2 is 1.64 bits per heavy atom. The fourth-order valence-electron chi connectivity index (χ4n) is 3.05. The van der Waals surface area contributed by atoms with Gasteiger partial charge in [-0.25, -0.2) is 8.42 Å². The number of hydrogen-bond donors (Lipinski definition) is 2. The summed E-state index contributed by atoms with van der Waals surface area (Å²) < 4.78 is 23.0. The maximum Gasteiger partial charge on any atom is 0.244 e. The van der Waals surface area contributed by atoms with Gasteiger partial charge in [-0.1, -0.05) is 29.8 Å². The summed E-state index contributed by atoms with van der Waals surface area (Å²) in [6.07, 6.45) is -0.00532. The molecular formula is C19H27N3O5S. The second-order valence-corrected chi connectivity index (χ2v) is 9.44. The van der Waals surface area contributed by atoms with E-state index in [0.717, 1.165) is 11.1 Å². The summed E-state index contributed by atoms with van der Waals surface area (Å²) in [5, 5.41) is 5.41. The normalized spacial score (nSPS) is 18.0. The molecule has 1 aliphatic heterocycles. The van der Waals surface area contributed by atoms with Crippen molar-refractivity contribution in [2.45, 2.75) is 39.3 Å². The summed E-state index contributed by atoms with van der Waals surface area (Å²) in [5.41, 5.74) is 1.87. The molecule has 1 aromatic carbocycles. The number of benzene rings is 1. The minimum Gasteiger partial charge on any atom is -0.349 e. The molecule has 8 nitrogen and oxygen atoms in total. The highest BCUT2D eigenvalue weighted by atomic mass is 32.2. The first-order valence-corrected chi connectivity index (χ1v) is 11.0. The van der Waals surface area contributed by atoms with Gasteiger partial charge in [-0.15, -0.1) is 0 Å². The van der Waals surface area contributed by atoms with Crippen molar-refractivity contribution in [2.24, 2.45) is 0 Å². The number of nitrogens with zero attached hydrogens (tertiary/aromatic N) is 1. The smallest absolute Gasteiger partial charge is 0.244 e. The first kappa shape index (κ1) is 21.9. The highest BCUT2D eigenvalue weighted by molar-refractivity contribution is 7.91. The molecule has 0 aliphatic carbocycles. The Morgan fingerprint density at radius 3 is 2.18 bits per heavy atom. The van der Waals surface area contributed by atoms with Crippen LogP contribution < -0.4 is 10.6 Å². The van der Waals surface area contributed by atoms with E-state index in [2.05, 4.69) is 10.6 Å². The van der Waals surface area contributed by atoms with E-state index >= 15 is 0 Å². The third-order valence-corrected chi connectivity index (χ3v) is 6.26. The Bertz CT molecular complexity index is 822. The van der Waals surface area contributed by atoms with E-state index in [9.17, 15) is 22.8 Å². The SMILES string of the molecule is CC(=O)NC(CC(=O)NC(C)C(=O)N1CCS(=O)(=O)CC1)c1ccc(C)cc1. The number of amides is 3. The van der Waals surface area contributed by atoms with Gasteiger partial charge in [-0.3, -0.25) is 14.4 Å². The summed E-state index contributed by atoms with van der Waals surface area (Å²) >= 11 is 0. The van der Waals surface area contributed by atoms with Crippen molar-refractivity contribution in [1.82, 2.24) is 15.5 Å². The van der Waals surface area contributed by atoms with Crippen molar-refractivity contribution in [2.75, 3.05) is 24.6 Å². The van der Waals surface area contributed by atoms with Gasteiger partial charge in [0.05, 0.1) is 24.0 Å². The molecular weight excluding hydrogens is 382 g/mol. The molecule has 154 valence electrons. The lowest BCUT2D eigenvalue weighted by molar-refractivity contribution is -0.136. The lowest BCUT2D eigenvalue weighted by Gasteiger charge is -2.29. The van der Waals surface area contributed by atoms with Gasteiger partial charge >= 0.3 is 0 Å². The second kappa shape index (κ2) is 9.18. The van der Waals surface area contributed by atoms with Crippen LogP contribution in [0.15, 0.2) is 24.3 Å². The van der Waals surface area contributed by atoms with Gasteiger partial charge in [-0.05, 0) is 19.4 Å². The maximum absolute atomic E-state index is 12.5. The van der Waals surface area contributed by atoms with Gasteiger partial charge in [0, 0.05) is 20.0 Å². The molecule has 0 saturated carbocycles. The van der Waals surface area contributed by atoms with Crippen molar-refractivity contribution in [1.29, 1.82) is 0 Å². The molecule has 2 atom stereocenters. The molecule has 2 N–H and O–H groups in total. The fraction of sp³-hybridized carbons (Fsp3) is 0.526. The summed E-state index contributed by atoms with van der Waals surface area (Å²) in [6, 6.07) is 6.24. The minimum absolute atomic E-state index is 0.00532. The van der Waals surface area contributed by atoms with Crippen LogP contribution in [0, 0.1) is 6.92 Å². The number of hydrogen-bond acceptors (Lipinski definition) is 5. The largest absolute Gasteiger partial charge is 0.349 e. The molecule has 9 heteroatoms. The molecule has 0 bridgehead atoms. The number of carbonyl (C=O) groups excluding carboxylic acids is 3. The Balaban J connectivity index is 1.96. The lowest BCUT2D eigenvalue weighted by Crippen LogP contribution is -2.52. The van der Waals surface area contributed by atoms with E-state index in [0.29, 0.717) is 0 Å². The molecule has 0 spiro atoms. The number of carbonyl (C=O) groups is 3. The predicted octanol–water partition coefficient (Wildman–Crippen LogP) is 0.324. The van der Waals surface area contributed by atoms with E-state index in [4.69, 9.17) is 0 Å². The van der Waals surface area contributed by atoms with Gasteiger partial charge in [0.15, 0.2) is 9.84 Å². The molecule has 1 aromatic rings. The minimum atomic E-state index is -3.08. The molecule has 2 rings (SSSR count). The average Bonchev–Trinajstić information content (AvgIpc) is 2.60. The molecule has 1 aliphatic rings. The van der Waals surface area contributed by atoms with E-state index in [1.54, 1.807) is 6.92 Å². The van der Waals surface area contributed by atoms with Gasteiger partial charge in [0.25, 0.3) is 0 Å². The molecule has 0 aromatic heterocycles. The number of sulfone groups is 1. The van der Waals surface area contributed by atoms with Crippen LogP contribution in [0.1, 0.15) is 37.4 Å². The number of rotatable bonds is 6. The van der Waals surface area contributed by atoms with Crippen molar-refractivity contribution in [3.05, 3.63) is 35.4 Å². The van der Waals surface area contributed by atoms with Crippen LogP contribution >= 0.6 is 0 Å². The van der Waals surface area contributed by atoms with Gasteiger partial charge in [-0.2, -0.15) is 0 Å². The Kier molecular flexibility index (Phi) is 7.17.